The van der Waals surface area contributed by atoms with Crippen LogP contribution in [-0.2, 0) is 21.1 Å². The summed E-state index contributed by atoms with van der Waals surface area (Å²) in [4.78, 5) is 15.6. The molecule has 2 rings (SSSR count). The Morgan fingerprint density at radius 3 is 2.34 bits per heavy atom. The number of nitrogens with zero attached hydrogens (tertiary/aromatic N) is 2. The Labute approximate surface area is 195 Å². The summed E-state index contributed by atoms with van der Waals surface area (Å²) in [5.41, 5.74) is -4.50. The van der Waals surface area contributed by atoms with Crippen molar-refractivity contribution in [1.82, 2.24) is 9.80 Å². The Balaban J connectivity index is 0.00000512. The predicted molar refractivity (Wildman–Crippen MR) is 122 cm³/mol. The highest BCUT2D eigenvalue weighted by Crippen LogP contribution is 2.30. The number of unbranched alkanes of at least 4 members (excludes halogenated alkanes) is 1. The number of benzene rings is 1. The molecule has 0 aliphatic carbocycles. The summed E-state index contributed by atoms with van der Waals surface area (Å²) in [6.45, 7) is 7.48. The van der Waals surface area contributed by atoms with Gasteiger partial charge in [-0.15, -0.1) is 12.4 Å². The van der Waals surface area contributed by atoms with Crippen LogP contribution in [0.15, 0.2) is 29.2 Å². The number of carbonyl (C=O) groups excluding carboxylic acids is 1. The van der Waals surface area contributed by atoms with Crippen LogP contribution in [0.5, 0.6) is 0 Å². The van der Waals surface area contributed by atoms with Crippen molar-refractivity contribution in [3.63, 3.8) is 0 Å². The van der Waals surface area contributed by atoms with E-state index in [0.717, 1.165) is 76.0 Å². The third-order valence-corrected chi connectivity index (χ3v) is 7.40. The predicted octanol–water partition coefficient (Wildman–Crippen LogP) is 4.84. The normalized spacial score (nSPS) is 16.6. The van der Waals surface area contributed by atoms with Gasteiger partial charge < -0.3 is 9.80 Å². The van der Waals surface area contributed by atoms with Gasteiger partial charge in [0.2, 0.25) is 5.91 Å². The van der Waals surface area contributed by atoms with E-state index in [1.54, 1.807) is 0 Å². The molecule has 1 heterocycles. The standard InChI is InChI=1S/C22H33F3N2O3S.ClH/c1-3-26(14-7-8-16-27-15-6-4-5-9-21(27)28)18(2)17-19-10-12-20(13-11-19)31(29,30)22(23,24)25;/h10-13,18H,3-9,14-17H2,1-2H3;1H. The average molecular weight is 499 g/mol. The van der Waals surface area contributed by atoms with Crippen molar-refractivity contribution < 1.29 is 26.4 Å². The number of hydrogen-bond donors (Lipinski definition) is 0. The van der Waals surface area contributed by atoms with Gasteiger partial charge in [-0.1, -0.05) is 25.5 Å². The maximum atomic E-state index is 12.7. The summed E-state index contributed by atoms with van der Waals surface area (Å²) in [6, 6.07) is 5.12. The molecule has 1 aliphatic rings. The minimum atomic E-state index is -5.31. The minimum Gasteiger partial charge on any atom is -0.343 e. The molecule has 184 valence electrons. The fourth-order valence-corrected chi connectivity index (χ4v) is 4.75. The van der Waals surface area contributed by atoms with Gasteiger partial charge >= 0.3 is 5.51 Å². The second-order valence-corrected chi connectivity index (χ2v) is 10.1. The number of likely N-dealkylation sites (tertiary alicyclic amines) is 1. The van der Waals surface area contributed by atoms with E-state index in [9.17, 15) is 26.4 Å². The van der Waals surface area contributed by atoms with Gasteiger partial charge in [0.05, 0.1) is 4.90 Å². The zero-order valence-corrected chi connectivity index (χ0v) is 20.4. The lowest BCUT2D eigenvalue weighted by atomic mass is 10.1. The highest BCUT2D eigenvalue weighted by Gasteiger charge is 2.46. The lowest BCUT2D eigenvalue weighted by Gasteiger charge is -2.28. The number of hydrogen-bond acceptors (Lipinski definition) is 4. The van der Waals surface area contributed by atoms with E-state index in [1.807, 2.05) is 4.90 Å². The Kier molecular flexibility index (Phi) is 11.5. The first-order valence-corrected chi connectivity index (χ1v) is 12.5. The van der Waals surface area contributed by atoms with Crippen LogP contribution in [0.4, 0.5) is 13.2 Å². The maximum absolute atomic E-state index is 12.7. The molecule has 1 aromatic rings. The Hall–Kier alpha value is -1.32. The number of amides is 1. The van der Waals surface area contributed by atoms with E-state index < -0.39 is 20.2 Å². The molecule has 5 nitrogen and oxygen atoms in total. The summed E-state index contributed by atoms with van der Waals surface area (Å²) in [7, 11) is -5.31. The SMILES string of the molecule is CCN(CCCCN1CCCCCC1=O)C(C)Cc1ccc(S(=O)(=O)C(F)(F)F)cc1.Cl. The van der Waals surface area contributed by atoms with Crippen molar-refractivity contribution in [3.05, 3.63) is 29.8 Å². The highest BCUT2D eigenvalue weighted by molar-refractivity contribution is 7.92. The topological polar surface area (TPSA) is 57.7 Å². The highest BCUT2D eigenvalue weighted by atomic mass is 35.5. The van der Waals surface area contributed by atoms with Crippen LogP contribution in [0.25, 0.3) is 0 Å². The Bertz CT molecular complexity index is 817. The molecular formula is C22H34ClF3N2O3S. The minimum absolute atomic E-state index is 0. The number of alkyl halides is 3. The van der Waals surface area contributed by atoms with Crippen LogP contribution in [0.2, 0.25) is 0 Å². The summed E-state index contributed by atoms with van der Waals surface area (Å²) in [5.74, 6) is 0.259. The van der Waals surface area contributed by atoms with Crippen LogP contribution >= 0.6 is 12.4 Å². The van der Waals surface area contributed by atoms with Gasteiger partial charge in [-0.3, -0.25) is 4.79 Å². The van der Waals surface area contributed by atoms with E-state index >= 15 is 0 Å². The molecule has 0 spiro atoms. The van der Waals surface area contributed by atoms with Crippen molar-refractivity contribution in [3.8, 4) is 0 Å². The largest absolute Gasteiger partial charge is 0.501 e. The third kappa shape index (κ3) is 7.92. The molecule has 1 aliphatic heterocycles. The lowest BCUT2D eigenvalue weighted by Crippen LogP contribution is -2.36. The van der Waals surface area contributed by atoms with E-state index in [-0.39, 0.29) is 24.4 Å². The van der Waals surface area contributed by atoms with Gasteiger partial charge in [-0.25, -0.2) is 8.42 Å². The summed E-state index contributed by atoms with van der Waals surface area (Å²) < 4.78 is 61.0. The van der Waals surface area contributed by atoms with Gasteiger partial charge in [0, 0.05) is 25.6 Å². The maximum Gasteiger partial charge on any atom is 0.501 e. The van der Waals surface area contributed by atoms with Gasteiger partial charge in [-0.2, -0.15) is 13.2 Å². The zero-order chi connectivity index (χ0) is 23.1. The van der Waals surface area contributed by atoms with Crippen LogP contribution in [0, 0.1) is 0 Å². The molecule has 1 atom stereocenters. The first-order valence-electron chi connectivity index (χ1n) is 11.0. The van der Waals surface area contributed by atoms with E-state index in [1.165, 1.54) is 12.1 Å². The van der Waals surface area contributed by atoms with E-state index in [2.05, 4.69) is 18.7 Å². The first kappa shape index (κ1) is 28.7. The van der Waals surface area contributed by atoms with Crippen LogP contribution in [0.1, 0.15) is 57.9 Å². The van der Waals surface area contributed by atoms with Crippen molar-refractivity contribution in [2.45, 2.75) is 75.2 Å². The molecule has 0 bridgehead atoms. The number of carbonyl (C=O) groups is 1. The number of halogens is 4. The Morgan fingerprint density at radius 1 is 1.09 bits per heavy atom. The lowest BCUT2D eigenvalue weighted by molar-refractivity contribution is -0.130. The van der Waals surface area contributed by atoms with E-state index in [0.29, 0.717) is 12.8 Å². The summed E-state index contributed by atoms with van der Waals surface area (Å²) in [6.07, 6.45) is 6.36. The zero-order valence-electron chi connectivity index (χ0n) is 18.7. The number of likely N-dealkylation sites (N-methyl/N-ethyl adjacent to an activating group) is 1. The quantitative estimate of drug-likeness (QED) is 0.433. The molecule has 0 aromatic heterocycles. The number of sulfone groups is 1. The van der Waals surface area contributed by atoms with E-state index in [4.69, 9.17) is 0 Å². The van der Waals surface area contributed by atoms with Gasteiger partial charge in [-0.05, 0) is 69.8 Å². The van der Waals surface area contributed by atoms with Gasteiger partial charge in [0.25, 0.3) is 9.84 Å². The molecule has 1 unspecified atom stereocenters. The smallest absolute Gasteiger partial charge is 0.343 e. The average Bonchev–Trinajstić information content (AvgIpc) is 2.91. The number of rotatable bonds is 10. The molecule has 1 fully saturated rings. The van der Waals surface area contributed by atoms with Crippen LogP contribution < -0.4 is 0 Å². The molecule has 0 saturated carbocycles. The fraction of sp³-hybridized carbons (Fsp3) is 0.682. The molecule has 1 saturated heterocycles. The molecule has 0 radical (unpaired) electrons. The van der Waals surface area contributed by atoms with Crippen molar-refractivity contribution in [1.29, 1.82) is 0 Å². The second kappa shape index (κ2) is 12.8. The van der Waals surface area contributed by atoms with Crippen molar-refractivity contribution >= 4 is 28.2 Å². The summed E-state index contributed by atoms with van der Waals surface area (Å²) >= 11 is 0. The van der Waals surface area contributed by atoms with Gasteiger partial charge in [0.1, 0.15) is 0 Å². The molecule has 32 heavy (non-hydrogen) atoms. The van der Waals surface area contributed by atoms with Crippen LogP contribution in [0.3, 0.4) is 0 Å². The third-order valence-electron chi connectivity index (χ3n) is 5.89. The molecular weight excluding hydrogens is 465 g/mol. The molecule has 10 heteroatoms. The monoisotopic (exact) mass is 498 g/mol. The van der Waals surface area contributed by atoms with Gasteiger partial charge in [0.15, 0.2) is 0 Å². The van der Waals surface area contributed by atoms with Crippen molar-refractivity contribution in [2.75, 3.05) is 26.2 Å². The first-order chi connectivity index (χ1) is 14.6. The molecule has 1 aromatic carbocycles. The van der Waals surface area contributed by atoms with Crippen LogP contribution in [-0.4, -0.2) is 61.9 Å². The fourth-order valence-electron chi connectivity index (χ4n) is 3.99. The molecule has 1 amide bonds. The molecule has 0 N–H and O–H groups in total. The Morgan fingerprint density at radius 2 is 1.75 bits per heavy atom. The second-order valence-electron chi connectivity index (χ2n) is 8.17. The summed E-state index contributed by atoms with van der Waals surface area (Å²) in [5, 5.41) is 0. The van der Waals surface area contributed by atoms with Crippen molar-refractivity contribution in [2.24, 2.45) is 0 Å².